The largest absolute Gasteiger partial charge is 0.478 e. The van der Waals surface area contributed by atoms with Crippen LogP contribution in [0.2, 0.25) is 0 Å². The van der Waals surface area contributed by atoms with Crippen molar-refractivity contribution in [3.63, 3.8) is 0 Å². The molecule has 6 rings (SSSR count). The summed E-state index contributed by atoms with van der Waals surface area (Å²) in [5.74, 6) is -2.53. The van der Waals surface area contributed by atoms with Gasteiger partial charge in [-0.15, -0.1) is 22.7 Å². The zero-order valence-electron chi connectivity index (χ0n) is 30.2. The van der Waals surface area contributed by atoms with Crippen molar-refractivity contribution >= 4 is 81.0 Å². The summed E-state index contributed by atoms with van der Waals surface area (Å²) in [4.78, 5) is 80.6. The smallest absolute Gasteiger partial charge is 0.338 e. The number of thiophene rings is 2. The van der Waals surface area contributed by atoms with Crippen LogP contribution in [0.1, 0.15) is 65.0 Å². The predicted molar refractivity (Wildman–Crippen MR) is 214 cm³/mol. The van der Waals surface area contributed by atoms with Gasteiger partial charge in [-0.1, -0.05) is 31.2 Å². The number of hydrogen-bond donors (Lipinski definition) is 4. The number of nitrogens with one attached hydrogen (secondary N) is 2. The van der Waals surface area contributed by atoms with Crippen LogP contribution < -0.4 is 26.2 Å². The summed E-state index contributed by atoms with van der Waals surface area (Å²) in [6.45, 7) is 5.26. The van der Waals surface area contributed by atoms with E-state index in [4.69, 9.17) is 15.6 Å². The molecule has 0 saturated carbocycles. The molecular weight excluding hydrogens is 743 g/mol. The number of ketones is 1. The second kappa shape index (κ2) is 18.1. The number of carbonyl (C=O) groups excluding carboxylic acids is 5. The molecule has 5 aromatic rings. The summed E-state index contributed by atoms with van der Waals surface area (Å²) < 4.78 is 4.99. The molecule has 1 unspecified atom stereocenters. The molecule has 0 spiro atoms. The lowest BCUT2D eigenvalue weighted by Gasteiger charge is -2.25. The molecule has 284 valence electrons. The first-order valence-electron chi connectivity index (χ1n) is 17.2. The standard InChI is InChI=1S/C31H28N4O6S2.C9H11NO2/c1-3-41-30(39)20-9-11-21(12-10-20)32-31(40)33-22-17-34(29(38)27-7-5-15-43-27)23-13-8-19(2)16-24(23)35(28(22)37)18-25(36)26-6-4-14-42-26;1-2-6-7(9(11)12)4-3-5-8(6)10/h4-16,22H,3,17-18H2,1-2H3,(H2,32,33,40);3-5H,2,10H2,1H3,(H,11,12). The van der Waals surface area contributed by atoms with Crippen LogP contribution in [0, 0.1) is 6.92 Å². The number of hydrogen-bond acceptors (Lipinski definition) is 10. The van der Waals surface area contributed by atoms with Crippen LogP contribution in [0.5, 0.6) is 0 Å². The maximum atomic E-state index is 14.1. The number of anilines is 4. The first-order chi connectivity index (χ1) is 26.4. The molecule has 1 aliphatic heterocycles. The fourth-order valence-electron chi connectivity index (χ4n) is 5.83. The van der Waals surface area contributed by atoms with Gasteiger partial charge in [0.25, 0.3) is 11.8 Å². The van der Waals surface area contributed by atoms with Gasteiger partial charge in [0.2, 0.25) is 0 Å². The number of benzene rings is 3. The summed E-state index contributed by atoms with van der Waals surface area (Å²) in [6, 6.07) is 21.4. The molecule has 13 nitrogen and oxygen atoms in total. The molecule has 0 saturated heterocycles. The Balaban J connectivity index is 0.000000413. The molecular formula is C40H39N5O8S2. The number of fused-ring (bicyclic) bond motifs is 1. The zero-order chi connectivity index (χ0) is 39.6. The Labute approximate surface area is 325 Å². The summed E-state index contributed by atoms with van der Waals surface area (Å²) in [7, 11) is 0. The number of nitrogens with zero attached hydrogens (tertiary/aromatic N) is 2. The highest BCUT2D eigenvalue weighted by molar-refractivity contribution is 7.12. The normalized spacial score (nSPS) is 13.4. The number of amides is 4. The van der Waals surface area contributed by atoms with Crippen LogP contribution in [-0.4, -0.2) is 66.4 Å². The molecule has 55 heavy (non-hydrogen) atoms. The molecule has 3 aromatic carbocycles. The lowest BCUT2D eigenvalue weighted by molar-refractivity contribution is -0.120. The number of nitrogen functional groups attached to an aromatic ring is 1. The molecule has 0 aliphatic carbocycles. The Hall–Kier alpha value is -6.32. The highest BCUT2D eigenvalue weighted by atomic mass is 32.1. The van der Waals surface area contributed by atoms with Crippen molar-refractivity contribution in [3.8, 4) is 0 Å². The topological polar surface area (TPSA) is 188 Å². The zero-order valence-corrected chi connectivity index (χ0v) is 31.9. The molecule has 15 heteroatoms. The third-order valence-electron chi connectivity index (χ3n) is 8.47. The van der Waals surface area contributed by atoms with Crippen molar-refractivity contribution in [2.24, 2.45) is 0 Å². The number of aromatic carboxylic acids is 1. The van der Waals surface area contributed by atoms with Gasteiger partial charge in [-0.05, 0) is 103 Å². The molecule has 1 aliphatic rings. The van der Waals surface area contributed by atoms with Crippen LogP contribution in [0.15, 0.2) is 95.7 Å². The Morgan fingerprint density at radius 2 is 1.58 bits per heavy atom. The van der Waals surface area contributed by atoms with Crippen LogP contribution in [0.25, 0.3) is 0 Å². The second-order valence-electron chi connectivity index (χ2n) is 12.2. The maximum Gasteiger partial charge on any atom is 0.338 e. The summed E-state index contributed by atoms with van der Waals surface area (Å²) in [5, 5.41) is 17.7. The van der Waals surface area contributed by atoms with Crippen molar-refractivity contribution in [1.29, 1.82) is 0 Å². The molecule has 1 atom stereocenters. The van der Waals surface area contributed by atoms with Crippen LogP contribution in [0.4, 0.5) is 27.5 Å². The summed E-state index contributed by atoms with van der Waals surface area (Å²) >= 11 is 2.54. The lowest BCUT2D eigenvalue weighted by Crippen LogP contribution is -2.54. The first-order valence-corrected chi connectivity index (χ1v) is 19.0. The summed E-state index contributed by atoms with van der Waals surface area (Å²) in [5.41, 5.74) is 9.57. The highest BCUT2D eigenvalue weighted by Gasteiger charge is 2.38. The fourth-order valence-corrected chi connectivity index (χ4v) is 7.16. The molecule has 4 amide bonds. The number of urea groups is 1. The Morgan fingerprint density at radius 1 is 0.891 bits per heavy atom. The number of esters is 1. The number of carboxylic acids is 1. The molecule has 0 radical (unpaired) electrons. The molecule has 3 heterocycles. The van der Waals surface area contributed by atoms with Crippen molar-refractivity contribution in [2.75, 3.05) is 40.5 Å². The summed E-state index contributed by atoms with van der Waals surface area (Å²) in [6.07, 6.45) is 0.647. The van der Waals surface area contributed by atoms with E-state index in [9.17, 15) is 28.8 Å². The van der Waals surface area contributed by atoms with Gasteiger partial charge in [0, 0.05) is 11.4 Å². The van der Waals surface area contributed by atoms with Crippen molar-refractivity contribution < 1.29 is 38.6 Å². The van der Waals surface area contributed by atoms with E-state index >= 15 is 0 Å². The van der Waals surface area contributed by atoms with Gasteiger partial charge in [0.05, 0.1) is 52.0 Å². The van der Waals surface area contributed by atoms with E-state index in [1.54, 1.807) is 72.3 Å². The minimum absolute atomic E-state index is 0.162. The van der Waals surface area contributed by atoms with E-state index in [2.05, 4.69) is 10.6 Å². The van der Waals surface area contributed by atoms with Crippen molar-refractivity contribution in [1.82, 2.24) is 5.32 Å². The highest BCUT2D eigenvalue weighted by Crippen LogP contribution is 2.36. The third-order valence-corrected chi connectivity index (χ3v) is 10.2. The Bertz CT molecular complexity index is 2190. The monoisotopic (exact) mass is 781 g/mol. The fraction of sp³-hybridized carbons (Fsp3) is 0.200. The van der Waals surface area contributed by atoms with Gasteiger partial charge in [-0.2, -0.15) is 0 Å². The van der Waals surface area contributed by atoms with Gasteiger partial charge in [-0.3, -0.25) is 14.4 Å². The van der Waals surface area contributed by atoms with Gasteiger partial charge in [-0.25, -0.2) is 14.4 Å². The number of carbonyl (C=O) groups is 6. The van der Waals surface area contributed by atoms with Crippen LogP contribution in [-0.2, 0) is 16.0 Å². The van der Waals surface area contributed by atoms with Crippen molar-refractivity contribution in [3.05, 3.63) is 128 Å². The maximum absolute atomic E-state index is 14.1. The van der Waals surface area contributed by atoms with E-state index in [1.165, 1.54) is 56.7 Å². The van der Waals surface area contributed by atoms with E-state index in [0.29, 0.717) is 55.6 Å². The van der Waals surface area contributed by atoms with E-state index in [0.717, 1.165) is 5.56 Å². The number of rotatable bonds is 10. The molecule has 5 N–H and O–H groups in total. The van der Waals surface area contributed by atoms with E-state index < -0.39 is 29.9 Å². The number of aryl methyl sites for hydroxylation is 1. The number of ether oxygens (including phenoxy) is 1. The minimum Gasteiger partial charge on any atom is -0.478 e. The predicted octanol–water partition coefficient (Wildman–Crippen LogP) is 6.89. The minimum atomic E-state index is -1.19. The Morgan fingerprint density at radius 3 is 2.18 bits per heavy atom. The number of Topliss-reactive ketones (excluding diaryl/α,β-unsaturated/α-hetero) is 1. The van der Waals surface area contributed by atoms with Gasteiger partial charge >= 0.3 is 18.0 Å². The molecule has 2 aromatic heterocycles. The molecule has 0 fully saturated rings. The van der Waals surface area contributed by atoms with Crippen LogP contribution >= 0.6 is 22.7 Å². The Kier molecular flexibility index (Phi) is 13.2. The SMILES string of the molecule is CCOC(=O)c1ccc(NC(=O)NC2CN(C(=O)c3cccs3)c3ccc(C)cc3N(CC(=O)c3cccs3)C2=O)cc1.CCc1c(N)cccc1C(=O)O. The lowest BCUT2D eigenvalue weighted by atomic mass is 10.0. The van der Waals surface area contributed by atoms with Gasteiger partial charge in [0.15, 0.2) is 5.78 Å². The second-order valence-corrected chi connectivity index (χ2v) is 14.1. The van der Waals surface area contributed by atoms with E-state index in [1.807, 2.05) is 19.9 Å². The van der Waals surface area contributed by atoms with E-state index in [-0.39, 0.29) is 31.4 Å². The average Bonchev–Trinajstić information content (AvgIpc) is 3.90. The third kappa shape index (κ3) is 9.62. The van der Waals surface area contributed by atoms with Crippen LogP contribution in [0.3, 0.4) is 0 Å². The first kappa shape index (κ1) is 39.9. The quantitative estimate of drug-likeness (QED) is 0.0665. The number of nitrogens with two attached hydrogens (primary N) is 1. The van der Waals surface area contributed by atoms with Crippen molar-refractivity contribution in [2.45, 2.75) is 33.2 Å². The molecule has 0 bridgehead atoms. The number of carboxylic acid groups (broad SMARTS) is 1. The van der Waals surface area contributed by atoms with Gasteiger partial charge < -0.3 is 36.0 Å². The average molecular weight is 782 g/mol. The van der Waals surface area contributed by atoms with Gasteiger partial charge in [0.1, 0.15) is 6.04 Å².